The molecule has 0 aromatic heterocycles. The minimum Gasteiger partial charge on any atom is -0.481 e. The summed E-state index contributed by atoms with van der Waals surface area (Å²) in [7, 11) is 0. The molecule has 156 valence electrons. The number of alkyl halides is 3. The number of hydrogen-bond donors (Lipinski definition) is 0. The van der Waals surface area contributed by atoms with Crippen LogP contribution in [-0.2, 0) is 11.0 Å². The van der Waals surface area contributed by atoms with Crippen LogP contribution in [0.5, 0.6) is 5.75 Å². The van der Waals surface area contributed by atoms with Crippen LogP contribution in [0.4, 0.5) is 18.9 Å². The van der Waals surface area contributed by atoms with E-state index in [1.54, 1.807) is 35.2 Å². The maximum Gasteiger partial charge on any atom is 0.416 e. The number of piperazine rings is 1. The van der Waals surface area contributed by atoms with Crippen LogP contribution in [0.25, 0.3) is 0 Å². The van der Waals surface area contributed by atoms with Crippen LogP contribution in [0.2, 0.25) is 5.02 Å². The summed E-state index contributed by atoms with van der Waals surface area (Å²) in [5, 5.41) is 0.527. The number of rotatable bonds is 5. The Balaban J connectivity index is 1.61. The highest BCUT2D eigenvalue weighted by molar-refractivity contribution is 6.30. The van der Waals surface area contributed by atoms with Gasteiger partial charge < -0.3 is 14.5 Å². The standard InChI is InChI=1S/C21H22ClF3N2O2/c1-2-19(29-18-8-4-6-16(22)14-18)20(28)27-11-9-26(10-12-27)17-7-3-5-15(13-17)21(23,24)25/h3-8,13-14,19H,2,9-12H2,1H3. The van der Waals surface area contributed by atoms with Crippen LogP contribution >= 0.6 is 11.6 Å². The summed E-state index contributed by atoms with van der Waals surface area (Å²) in [5.41, 5.74) is -0.163. The monoisotopic (exact) mass is 426 g/mol. The van der Waals surface area contributed by atoms with E-state index in [0.717, 1.165) is 12.1 Å². The lowest BCUT2D eigenvalue weighted by molar-refractivity contribution is -0.139. The summed E-state index contributed by atoms with van der Waals surface area (Å²) in [5.74, 6) is 0.400. The number of benzene rings is 2. The number of nitrogens with zero attached hydrogens (tertiary/aromatic N) is 2. The van der Waals surface area contributed by atoms with Crippen molar-refractivity contribution >= 4 is 23.2 Å². The summed E-state index contributed by atoms with van der Waals surface area (Å²) in [4.78, 5) is 16.4. The van der Waals surface area contributed by atoms with Crippen molar-refractivity contribution in [2.24, 2.45) is 0 Å². The molecule has 0 spiro atoms. The van der Waals surface area contributed by atoms with E-state index < -0.39 is 17.8 Å². The molecule has 0 aliphatic carbocycles. The van der Waals surface area contributed by atoms with Gasteiger partial charge in [-0.1, -0.05) is 30.7 Å². The molecule has 1 amide bonds. The molecule has 3 rings (SSSR count). The first-order valence-electron chi connectivity index (χ1n) is 9.41. The Kier molecular flexibility index (Phi) is 6.57. The van der Waals surface area contributed by atoms with Crippen molar-refractivity contribution in [3.8, 4) is 5.75 Å². The third kappa shape index (κ3) is 5.35. The van der Waals surface area contributed by atoms with Gasteiger partial charge in [0, 0.05) is 36.9 Å². The number of amides is 1. The zero-order chi connectivity index (χ0) is 21.0. The van der Waals surface area contributed by atoms with E-state index in [1.807, 2.05) is 11.8 Å². The summed E-state index contributed by atoms with van der Waals surface area (Å²) in [6, 6.07) is 12.1. The maximum atomic E-state index is 12.9. The fourth-order valence-corrected chi connectivity index (χ4v) is 3.46. The van der Waals surface area contributed by atoms with E-state index in [1.165, 1.54) is 6.07 Å². The lowest BCUT2D eigenvalue weighted by Gasteiger charge is -2.37. The second kappa shape index (κ2) is 8.95. The van der Waals surface area contributed by atoms with Gasteiger partial charge in [0.25, 0.3) is 5.91 Å². The summed E-state index contributed by atoms with van der Waals surface area (Å²) < 4.78 is 44.6. The highest BCUT2D eigenvalue weighted by atomic mass is 35.5. The van der Waals surface area contributed by atoms with Crippen molar-refractivity contribution in [2.45, 2.75) is 25.6 Å². The molecule has 1 atom stereocenters. The quantitative estimate of drug-likeness (QED) is 0.684. The molecule has 4 nitrogen and oxygen atoms in total. The molecule has 0 radical (unpaired) electrons. The average molecular weight is 427 g/mol. The van der Waals surface area contributed by atoms with Crippen LogP contribution in [0.3, 0.4) is 0 Å². The predicted octanol–water partition coefficient (Wildman–Crippen LogP) is 4.87. The molecule has 1 heterocycles. The minimum absolute atomic E-state index is 0.129. The van der Waals surface area contributed by atoms with Crippen molar-refractivity contribution in [1.29, 1.82) is 0 Å². The van der Waals surface area contributed by atoms with Gasteiger partial charge in [0.15, 0.2) is 6.10 Å². The molecule has 0 bridgehead atoms. The van der Waals surface area contributed by atoms with Gasteiger partial charge in [-0.05, 0) is 42.8 Å². The first-order chi connectivity index (χ1) is 13.8. The zero-order valence-electron chi connectivity index (χ0n) is 16.0. The molecule has 2 aromatic carbocycles. The Hall–Kier alpha value is -2.41. The fourth-order valence-electron chi connectivity index (χ4n) is 3.28. The Morgan fingerprint density at radius 2 is 1.79 bits per heavy atom. The summed E-state index contributed by atoms with van der Waals surface area (Å²) >= 11 is 5.96. The number of carbonyl (C=O) groups is 1. The SMILES string of the molecule is CCC(Oc1cccc(Cl)c1)C(=O)N1CCN(c2cccc(C(F)(F)F)c2)CC1. The maximum absolute atomic E-state index is 12.9. The molecule has 0 saturated carbocycles. The zero-order valence-corrected chi connectivity index (χ0v) is 16.7. The molecule has 1 aliphatic rings. The fraction of sp³-hybridized carbons (Fsp3) is 0.381. The third-order valence-corrected chi connectivity index (χ3v) is 5.09. The largest absolute Gasteiger partial charge is 0.481 e. The summed E-state index contributed by atoms with van der Waals surface area (Å²) in [6.45, 7) is 3.63. The molecule has 2 aromatic rings. The Morgan fingerprint density at radius 1 is 1.10 bits per heavy atom. The Morgan fingerprint density at radius 3 is 2.41 bits per heavy atom. The van der Waals surface area contributed by atoms with Crippen molar-refractivity contribution in [3.05, 3.63) is 59.1 Å². The smallest absolute Gasteiger partial charge is 0.416 e. The second-order valence-electron chi connectivity index (χ2n) is 6.83. The van der Waals surface area contributed by atoms with Gasteiger partial charge in [-0.25, -0.2) is 0 Å². The predicted molar refractivity (Wildman–Crippen MR) is 106 cm³/mol. The average Bonchev–Trinajstić information content (AvgIpc) is 2.71. The molecule has 29 heavy (non-hydrogen) atoms. The molecular formula is C21H22ClF3N2O2. The van der Waals surface area contributed by atoms with Crippen LogP contribution in [0.15, 0.2) is 48.5 Å². The molecule has 1 unspecified atom stereocenters. The van der Waals surface area contributed by atoms with E-state index >= 15 is 0 Å². The second-order valence-corrected chi connectivity index (χ2v) is 7.27. The van der Waals surface area contributed by atoms with E-state index in [9.17, 15) is 18.0 Å². The van der Waals surface area contributed by atoms with Crippen molar-refractivity contribution in [2.75, 3.05) is 31.1 Å². The Bertz CT molecular complexity index is 852. The molecule has 1 aliphatic heterocycles. The number of hydrogen-bond acceptors (Lipinski definition) is 3. The molecule has 1 saturated heterocycles. The van der Waals surface area contributed by atoms with Crippen molar-refractivity contribution < 1.29 is 22.7 Å². The highest BCUT2D eigenvalue weighted by Gasteiger charge is 2.32. The van der Waals surface area contributed by atoms with Gasteiger partial charge in [-0.2, -0.15) is 13.2 Å². The third-order valence-electron chi connectivity index (χ3n) is 4.85. The molecule has 8 heteroatoms. The van der Waals surface area contributed by atoms with Gasteiger partial charge in [0.1, 0.15) is 5.75 Å². The normalized spacial score (nSPS) is 15.9. The van der Waals surface area contributed by atoms with Gasteiger partial charge >= 0.3 is 6.18 Å². The lowest BCUT2D eigenvalue weighted by Crippen LogP contribution is -2.52. The first kappa shape index (κ1) is 21.3. The molecule has 1 fully saturated rings. The van der Waals surface area contributed by atoms with Crippen molar-refractivity contribution in [3.63, 3.8) is 0 Å². The van der Waals surface area contributed by atoms with Crippen LogP contribution in [-0.4, -0.2) is 43.1 Å². The summed E-state index contributed by atoms with van der Waals surface area (Å²) in [6.07, 6.45) is -4.51. The van der Waals surface area contributed by atoms with Crippen LogP contribution in [0.1, 0.15) is 18.9 Å². The lowest BCUT2D eigenvalue weighted by atomic mass is 10.1. The van der Waals surface area contributed by atoms with E-state index in [4.69, 9.17) is 16.3 Å². The van der Waals surface area contributed by atoms with E-state index in [-0.39, 0.29) is 5.91 Å². The molecular weight excluding hydrogens is 405 g/mol. The first-order valence-corrected chi connectivity index (χ1v) is 9.79. The number of anilines is 1. The van der Waals surface area contributed by atoms with Gasteiger partial charge in [-0.15, -0.1) is 0 Å². The van der Waals surface area contributed by atoms with Gasteiger partial charge in [-0.3, -0.25) is 4.79 Å². The van der Waals surface area contributed by atoms with Gasteiger partial charge in [0.2, 0.25) is 0 Å². The van der Waals surface area contributed by atoms with E-state index in [0.29, 0.717) is 49.1 Å². The number of carbonyl (C=O) groups excluding carboxylic acids is 1. The van der Waals surface area contributed by atoms with E-state index in [2.05, 4.69) is 0 Å². The molecule has 0 N–H and O–H groups in total. The van der Waals surface area contributed by atoms with Crippen LogP contribution in [0, 0.1) is 0 Å². The minimum atomic E-state index is -4.38. The highest BCUT2D eigenvalue weighted by Crippen LogP contribution is 2.32. The number of ether oxygens (including phenoxy) is 1. The number of halogens is 4. The van der Waals surface area contributed by atoms with Crippen molar-refractivity contribution in [1.82, 2.24) is 4.90 Å². The topological polar surface area (TPSA) is 32.8 Å². The Labute approximate surface area is 172 Å². The van der Waals surface area contributed by atoms with Crippen LogP contribution < -0.4 is 9.64 Å². The van der Waals surface area contributed by atoms with Gasteiger partial charge in [0.05, 0.1) is 5.56 Å².